The van der Waals surface area contributed by atoms with Crippen molar-refractivity contribution in [1.29, 1.82) is 0 Å². The predicted octanol–water partition coefficient (Wildman–Crippen LogP) is 16.0. The highest BCUT2D eigenvalue weighted by Crippen LogP contribution is 2.23. The molecule has 0 saturated carbocycles. The lowest BCUT2D eigenvalue weighted by Gasteiger charge is -2.22. The predicted molar refractivity (Wildman–Crippen MR) is 263 cm³/mol. The molecule has 0 aliphatic rings. The normalized spacial score (nSPS) is 11.3. The Morgan fingerprint density at radius 1 is 0.550 bits per heavy atom. The van der Waals surface area contributed by atoms with Crippen molar-refractivity contribution < 1.29 is 20.4 Å². The molecule has 6 nitrogen and oxygen atoms in total. The topological polar surface area (TPSA) is 60.0 Å². The maximum atomic E-state index is 11.9. The van der Waals surface area contributed by atoms with Crippen LogP contribution in [0.3, 0.4) is 0 Å². The molecular formula is C54H104N2O4. The third kappa shape index (κ3) is 38.9. The number of hydrogen-bond acceptors (Lipinski definition) is 5. The van der Waals surface area contributed by atoms with Gasteiger partial charge in [0.2, 0.25) is 5.91 Å². The third-order valence-corrected chi connectivity index (χ3v) is 12.2. The highest BCUT2D eigenvalue weighted by molar-refractivity contribution is 5.77. The largest absolute Gasteiger partial charge is 0.490 e. The van der Waals surface area contributed by atoms with Gasteiger partial charge in [0.25, 0.3) is 0 Å². The Hall–Kier alpha value is -1.97. The van der Waals surface area contributed by atoms with Gasteiger partial charge in [0.05, 0.1) is 12.7 Å². The van der Waals surface area contributed by atoms with E-state index < -0.39 is 0 Å². The van der Waals surface area contributed by atoms with E-state index in [2.05, 4.69) is 62.5 Å². The first kappa shape index (κ1) is 58.0. The number of nitrogens with zero attached hydrogens (tertiary/aromatic N) is 1. The van der Waals surface area contributed by atoms with Crippen molar-refractivity contribution >= 4 is 5.91 Å². The number of amides is 1. The Morgan fingerprint density at radius 2 is 1.00 bits per heavy atom. The number of carbonyl (C=O) groups is 1. The lowest BCUT2D eigenvalue weighted by Crippen LogP contribution is -2.32. The molecule has 0 aliphatic heterocycles. The molecule has 354 valence electrons. The Kier molecular flexibility index (Phi) is 45.0. The van der Waals surface area contributed by atoms with E-state index >= 15 is 0 Å². The van der Waals surface area contributed by atoms with Crippen LogP contribution in [-0.2, 0) is 19.0 Å². The summed E-state index contributed by atoms with van der Waals surface area (Å²) in [5.41, 5.74) is 6.26. The first-order valence-electron chi connectivity index (χ1n) is 26.0. The van der Waals surface area contributed by atoms with Crippen LogP contribution in [0.25, 0.3) is 0 Å². The fourth-order valence-corrected chi connectivity index (χ4v) is 8.29. The molecule has 0 aliphatic carbocycles. The molecule has 60 heavy (non-hydrogen) atoms. The fourth-order valence-electron chi connectivity index (χ4n) is 8.29. The molecule has 0 bridgehead atoms. The van der Waals surface area contributed by atoms with Gasteiger partial charge in [-0.25, -0.2) is 0 Å². The fraction of sp³-hybridized carbons (Fsp3) is 0.870. The average molecular weight is 845 g/mol. The van der Waals surface area contributed by atoms with Gasteiger partial charge in [0.1, 0.15) is 18.1 Å². The Morgan fingerprint density at radius 3 is 1.50 bits per heavy atom. The summed E-state index contributed by atoms with van der Waals surface area (Å²) in [5.74, 6) is 2.72. The second-order valence-electron chi connectivity index (χ2n) is 17.9. The van der Waals surface area contributed by atoms with Gasteiger partial charge in [-0.3, -0.25) is 4.79 Å². The standard InChI is InChI=1S/C54H102N2O4.H2/c1-8-14-18-20-24-32-41-53(42-33-25-21-19-15-9-2)60-52(13-6)40-31-27-23-29-35-46-56(47-36-44-55-54(57)49-58-7)45-34-28-22-26-30-39-51(12-5)59-48-43-50(37-16-10-3)38-17-11-4;/h50,53H,5-6,8-11,14-49H2,1-4,7H3,(H,55,57);1H. The number of allylic oxidation sites excluding steroid dienone is 2. The van der Waals surface area contributed by atoms with Gasteiger partial charge in [0, 0.05) is 27.9 Å². The Labute approximate surface area is 376 Å². The van der Waals surface area contributed by atoms with E-state index in [0.29, 0.717) is 12.6 Å². The summed E-state index contributed by atoms with van der Waals surface area (Å²) in [7, 11) is 1.57. The van der Waals surface area contributed by atoms with Gasteiger partial charge in [-0.05, 0) is 89.8 Å². The van der Waals surface area contributed by atoms with E-state index in [0.717, 1.165) is 82.2 Å². The average Bonchev–Trinajstić information content (AvgIpc) is 3.25. The van der Waals surface area contributed by atoms with Crippen LogP contribution < -0.4 is 5.32 Å². The molecular weight excluding hydrogens is 741 g/mol. The summed E-state index contributed by atoms with van der Waals surface area (Å²) in [4.78, 5) is 14.5. The highest BCUT2D eigenvalue weighted by atomic mass is 16.5. The van der Waals surface area contributed by atoms with Crippen molar-refractivity contribution in [3.8, 4) is 0 Å². The van der Waals surface area contributed by atoms with Crippen LogP contribution in [0.5, 0.6) is 0 Å². The van der Waals surface area contributed by atoms with Crippen LogP contribution in [0, 0.1) is 5.92 Å². The minimum atomic E-state index is -0.0296. The maximum Gasteiger partial charge on any atom is 0.245 e. The van der Waals surface area contributed by atoms with Crippen molar-refractivity contribution in [3.63, 3.8) is 0 Å². The zero-order chi connectivity index (χ0) is 44.0. The first-order chi connectivity index (χ1) is 29.5. The number of ether oxygens (including phenoxy) is 3. The number of hydrogen-bond donors (Lipinski definition) is 1. The van der Waals surface area contributed by atoms with Gasteiger partial charge in [0.15, 0.2) is 0 Å². The molecule has 0 aromatic heterocycles. The molecule has 0 rings (SSSR count). The van der Waals surface area contributed by atoms with Gasteiger partial charge in [-0.1, -0.05) is 194 Å². The summed E-state index contributed by atoms with van der Waals surface area (Å²) in [6.07, 6.45) is 42.8. The molecule has 0 heterocycles. The van der Waals surface area contributed by atoms with Crippen LogP contribution >= 0.6 is 0 Å². The van der Waals surface area contributed by atoms with Crippen molar-refractivity contribution in [2.75, 3.05) is 46.5 Å². The van der Waals surface area contributed by atoms with Gasteiger partial charge < -0.3 is 24.4 Å². The van der Waals surface area contributed by atoms with Crippen molar-refractivity contribution in [2.24, 2.45) is 5.92 Å². The number of carbonyl (C=O) groups excluding carboxylic acids is 1. The molecule has 0 aromatic rings. The second-order valence-corrected chi connectivity index (χ2v) is 17.9. The molecule has 0 saturated heterocycles. The van der Waals surface area contributed by atoms with Crippen LogP contribution in [0.15, 0.2) is 36.1 Å². The molecule has 0 unspecified atom stereocenters. The molecule has 1 N–H and O–H groups in total. The van der Waals surface area contributed by atoms with E-state index in [1.54, 1.807) is 7.11 Å². The van der Waals surface area contributed by atoms with E-state index in [1.165, 1.54) is 180 Å². The number of methoxy groups -OCH3 is 1. The first-order valence-corrected chi connectivity index (χ1v) is 26.0. The Balaban J connectivity index is 0. The molecule has 6 heteroatoms. The quantitative estimate of drug-likeness (QED) is 0.0376. The molecule has 1 amide bonds. The highest BCUT2D eigenvalue weighted by Gasteiger charge is 2.13. The minimum absolute atomic E-state index is 0. The Bertz CT molecular complexity index is 1020. The van der Waals surface area contributed by atoms with E-state index in [1.807, 2.05) is 0 Å². The minimum Gasteiger partial charge on any atom is -0.490 e. The summed E-state index contributed by atoms with van der Waals surface area (Å²) >= 11 is 0. The van der Waals surface area contributed by atoms with Crippen LogP contribution in [0.1, 0.15) is 247 Å². The SMILES string of the molecule is C=C=C(CCCCCCCN(CCCCCCCC(=C=C)OC(CCCCCCCC)CCCCCCCC)CCCNC(=O)COC)OCCC(CCCC)CCCC.[HH]. The van der Waals surface area contributed by atoms with Crippen molar-refractivity contribution in [3.05, 3.63) is 36.1 Å². The van der Waals surface area contributed by atoms with Crippen molar-refractivity contribution in [1.82, 2.24) is 10.2 Å². The molecule has 0 aromatic carbocycles. The van der Waals surface area contributed by atoms with E-state index in [4.69, 9.17) is 14.2 Å². The van der Waals surface area contributed by atoms with Crippen molar-refractivity contribution in [2.45, 2.75) is 252 Å². The molecule has 0 atom stereocenters. The number of unbranched alkanes of at least 4 members (excludes halogenated alkanes) is 20. The zero-order valence-electron chi connectivity index (χ0n) is 40.9. The summed E-state index contributed by atoms with van der Waals surface area (Å²) < 4.78 is 17.7. The van der Waals surface area contributed by atoms with E-state index in [-0.39, 0.29) is 13.9 Å². The monoisotopic (exact) mass is 845 g/mol. The maximum absolute atomic E-state index is 11.9. The molecule has 0 fully saturated rings. The molecule has 0 spiro atoms. The zero-order valence-corrected chi connectivity index (χ0v) is 40.9. The summed E-state index contributed by atoms with van der Waals surface area (Å²) in [5, 5.41) is 3.00. The van der Waals surface area contributed by atoms with Crippen LogP contribution in [0.4, 0.5) is 0 Å². The summed E-state index contributed by atoms with van der Waals surface area (Å²) in [6, 6.07) is 0. The lowest BCUT2D eigenvalue weighted by molar-refractivity contribution is -0.124. The van der Waals surface area contributed by atoms with Crippen LogP contribution in [-0.4, -0.2) is 63.4 Å². The molecule has 0 radical (unpaired) electrons. The van der Waals surface area contributed by atoms with Crippen LogP contribution in [0.2, 0.25) is 0 Å². The lowest BCUT2D eigenvalue weighted by atomic mass is 9.93. The van der Waals surface area contributed by atoms with Gasteiger partial charge in [-0.2, -0.15) is 0 Å². The smallest absolute Gasteiger partial charge is 0.245 e. The van der Waals surface area contributed by atoms with Gasteiger partial charge >= 0.3 is 0 Å². The number of rotatable bonds is 48. The third-order valence-electron chi connectivity index (χ3n) is 12.2. The van der Waals surface area contributed by atoms with Gasteiger partial charge in [-0.15, -0.1) is 0 Å². The number of nitrogens with one attached hydrogen (secondary N) is 1. The summed E-state index contributed by atoms with van der Waals surface area (Å²) in [6.45, 7) is 22.0. The van der Waals surface area contributed by atoms with E-state index in [9.17, 15) is 4.79 Å². The second kappa shape index (κ2) is 46.5.